The first-order valence-electron chi connectivity index (χ1n) is 9.22. The summed E-state index contributed by atoms with van der Waals surface area (Å²) in [4.78, 5) is 13.8. The minimum atomic E-state index is -0.507. The summed E-state index contributed by atoms with van der Waals surface area (Å²) >= 11 is 1.52. The number of aryl methyl sites for hydroxylation is 1. The summed E-state index contributed by atoms with van der Waals surface area (Å²) < 4.78 is 6.02. The second kappa shape index (κ2) is 9.22. The molecule has 0 fully saturated rings. The van der Waals surface area contributed by atoms with Crippen molar-refractivity contribution in [3.05, 3.63) is 77.1 Å². The topological polar surface area (TPSA) is 137 Å². The predicted octanol–water partition coefficient (Wildman–Crippen LogP) is 2.60. The maximum Gasteiger partial charge on any atom is 0.293 e. The van der Waals surface area contributed by atoms with E-state index in [0.29, 0.717) is 11.4 Å². The molecule has 0 aliphatic rings. The van der Waals surface area contributed by atoms with Crippen LogP contribution >= 0.6 is 11.8 Å². The van der Waals surface area contributed by atoms with Crippen molar-refractivity contribution in [2.45, 2.75) is 17.6 Å². The first-order chi connectivity index (χ1) is 15.1. The Hall–Kier alpha value is -3.99. The number of nitrogens with one attached hydrogen (secondary N) is 1. The molecule has 0 unspecified atom stereocenters. The molecule has 10 nitrogen and oxygen atoms in total. The fraction of sp³-hybridized carbons (Fsp3) is 0.100. The fourth-order valence-electron chi connectivity index (χ4n) is 2.66. The lowest BCUT2D eigenvalue weighted by Gasteiger charge is -2.06. The van der Waals surface area contributed by atoms with E-state index < -0.39 is 5.91 Å². The monoisotopic (exact) mass is 434 g/mol. The van der Waals surface area contributed by atoms with Crippen LogP contribution in [0.3, 0.4) is 0 Å². The lowest BCUT2D eigenvalue weighted by molar-refractivity contribution is 0.0949. The molecule has 0 aliphatic heterocycles. The zero-order valence-corrected chi connectivity index (χ0v) is 17.3. The number of hydrogen-bond donors (Lipinski definition) is 2. The average Bonchev–Trinajstić information content (AvgIpc) is 3.39. The van der Waals surface area contributed by atoms with Gasteiger partial charge in [-0.25, -0.2) is 10.1 Å². The zero-order chi connectivity index (χ0) is 21.6. The average molecular weight is 434 g/mol. The highest BCUT2D eigenvalue weighted by Gasteiger charge is 2.24. The summed E-state index contributed by atoms with van der Waals surface area (Å²) in [5.41, 5.74) is 10.9. The Kier molecular flexibility index (Phi) is 6.03. The summed E-state index contributed by atoms with van der Waals surface area (Å²) in [6.45, 7) is 2.02. The number of aromatic nitrogens is 5. The molecule has 2 aromatic heterocycles. The molecule has 4 rings (SSSR count). The number of amides is 1. The second-order valence-corrected chi connectivity index (χ2v) is 7.53. The molecule has 0 spiro atoms. The van der Waals surface area contributed by atoms with Crippen LogP contribution in [0.4, 0.5) is 5.82 Å². The first-order valence-corrected chi connectivity index (χ1v) is 10.2. The summed E-state index contributed by atoms with van der Waals surface area (Å²) in [6, 6.07) is 17.4. The number of thioether (sulfide) groups is 1. The third-order valence-electron chi connectivity index (χ3n) is 4.25. The van der Waals surface area contributed by atoms with E-state index in [4.69, 9.17) is 5.73 Å². The number of nitrogens with two attached hydrogens (primary N) is 1. The van der Waals surface area contributed by atoms with Gasteiger partial charge in [0.15, 0.2) is 5.69 Å². The molecular formula is C20H18N8O2S. The van der Waals surface area contributed by atoms with E-state index >= 15 is 0 Å². The third-order valence-corrected chi connectivity index (χ3v) is 5.27. The van der Waals surface area contributed by atoms with Crippen molar-refractivity contribution < 1.29 is 9.42 Å². The summed E-state index contributed by atoms with van der Waals surface area (Å²) in [5, 5.41) is 19.4. The van der Waals surface area contributed by atoms with Gasteiger partial charge in [-0.15, -0.1) is 16.9 Å². The van der Waals surface area contributed by atoms with E-state index in [9.17, 15) is 4.79 Å². The number of anilines is 1. The molecule has 0 radical (unpaired) electrons. The molecule has 31 heavy (non-hydrogen) atoms. The van der Waals surface area contributed by atoms with Gasteiger partial charge in [-0.05, 0) is 34.9 Å². The van der Waals surface area contributed by atoms with Crippen molar-refractivity contribution in [1.82, 2.24) is 30.7 Å². The van der Waals surface area contributed by atoms with E-state index in [1.54, 1.807) is 6.21 Å². The Morgan fingerprint density at radius 3 is 2.68 bits per heavy atom. The third kappa shape index (κ3) is 4.78. The summed E-state index contributed by atoms with van der Waals surface area (Å²) in [5.74, 6) is 0.0837. The van der Waals surface area contributed by atoms with Crippen molar-refractivity contribution in [3.63, 3.8) is 0 Å². The molecule has 2 heterocycles. The largest absolute Gasteiger partial charge is 0.378 e. The number of carbonyl (C=O) groups is 1. The van der Waals surface area contributed by atoms with Crippen molar-refractivity contribution in [1.29, 1.82) is 0 Å². The van der Waals surface area contributed by atoms with Crippen LogP contribution in [0, 0.1) is 6.92 Å². The zero-order valence-electron chi connectivity index (χ0n) is 16.5. The Bertz CT molecular complexity index is 1200. The highest BCUT2D eigenvalue weighted by atomic mass is 32.2. The number of nitrogen functional groups attached to an aromatic ring is 1. The van der Waals surface area contributed by atoms with Crippen LogP contribution in [0.15, 0.2) is 69.2 Å². The standard InChI is InChI=1S/C20H18N8O2S/c1-13-7-9-15(10-8-13)31-12-16-17(23-27-28(16)19-18(21)25-30-26-19)20(29)24-22-11-14-5-3-2-4-6-14/h2-11H,12H2,1H3,(H2,21,25)(H,24,29). The lowest BCUT2D eigenvalue weighted by Crippen LogP contribution is -2.20. The molecule has 4 aromatic rings. The molecule has 156 valence electrons. The molecule has 0 saturated carbocycles. The van der Waals surface area contributed by atoms with E-state index in [-0.39, 0.29) is 17.3 Å². The van der Waals surface area contributed by atoms with Crippen LogP contribution < -0.4 is 11.2 Å². The van der Waals surface area contributed by atoms with Gasteiger partial charge in [0.1, 0.15) is 0 Å². The molecule has 0 atom stereocenters. The lowest BCUT2D eigenvalue weighted by atomic mass is 10.2. The van der Waals surface area contributed by atoms with Gasteiger partial charge in [0.25, 0.3) is 5.91 Å². The number of rotatable bonds is 7. The highest BCUT2D eigenvalue weighted by molar-refractivity contribution is 7.98. The maximum absolute atomic E-state index is 12.7. The van der Waals surface area contributed by atoms with Crippen LogP contribution in [0.2, 0.25) is 0 Å². The van der Waals surface area contributed by atoms with Crippen molar-refractivity contribution in [2.24, 2.45) is 5.10 Å². The normalized spacial score (nSPS) is 11.1. The van der Waals surface area contributed by atoms with Gasteiger partial charge >= 0.3 is 0 Å². The molecule has 2 aromatic carbocycles. The number of nitrogens with zero attached hydrogens (tertiary/aromatic N) is 6. The Labute approximate surface area is 181 Å². The number of benzene rings is 2. The van der Waals surface area contributed by atoms with Gasteiger partial charge in [0.2, 0.25) is 11.6 Å². The summed E-state index contributed by atoms with van der Waals surface area (Å²) in [7, 11) is 0. The Balaban J connectivity index is 1.58. The van der Waals surface area contributed by atoms with Crippen molar-refractivity contribution in [2.75, 3.05) is 5.73 Å². The van der Waals surface area contributed by atoms with Gasteiger partial charge in [-0.2, -0.15) is 9.78 Å². The van der Waals surface area contributed by atoms with Crippen LogP contribution in [-0.4, -0.2) is 37.4 Å². The molecule has 11 heteroatoms. The molecule has 0 bridgehead atoms. The Morgan fingerprint density at radius 1 is 1.19 bits per heavy atom. The van der Waals surface area contributed by atoms with Crippen LogP contribution in [0.5, 0.6) is 0 Å². The number of hydrogen-bond acceptors (Lipinski definition) is 9. The molecular weight excluding hydrogens is 416 g/mol. The highest BCUT2D eigenvalue weighted by Crippen LogP contribution is 2.26. The van der Waals surface area contributed by atoms with Crippen LogP contribution in [0.1, 0.15) is 27.3 Å². The van der Waals surface area contributed by atoms with E-state index in [1.807, 2.05) is 61.5 Å². The smallest absolute Gasteiger partial charge is 0.293 e. The molecule has 1 amide bonds. The van der Waals surface area contributed by atoms with Gasteiger partial charge in [-0.3, -0.25) is 4.79 Å². The van der Waals surface area contributed by atoms with E-state index in [1.165, 1.54) is 16.4 Å². The van der Waals surface area contributed by atoms with Crippen LogP contribution in [0.25, 0.3) is 5.82 Å². The second-order valence-electron chi connectivity index (χ2n) is 6.48. The first kappa shape index (κ1) is 20.3. The summed E-state index contributed by atoms with van der Waals surface area (Å²) in [6.07, 6.45) is 1.54. The number of hydrazone groups is 1. The molecule has 0 saturated heterocycles. The van der Waals surface area contributed by atoms with E-state index in [0.717, 1.165) is 16.0 Å². The number of carbonyl (C=O) groups excluding carboxylic acids is 1. The SMILES string of the molecule is Cc1ccc(SCc2c(C(=O)NN=Cc3ccccc3)nnn2-c2nonc2N)cc1. The van der Waals surface area contributed by atoms with Crippen molar-refractivity contribution >= 4 is 29.7 Å². The quantitative estimate of drug-likeness (QED) is 0.257. The van der Waals surface area contributed by atoms with Gasteiger partial charge < -0.3 is 5.73 Å². The minimum Gasteiger partial charge on any atom is -0.378 e. The molecule has 0 aliphatic carbocycles. The minimum absolute atomic E-state index is 0.0422. The van der Waals surface area contributed by atoms with Gasteiger partial charge in [0.05, 0.1) is 11.9 Å². The van der Waals surface area contributed by atoms with Gasteiger partial charge in [0, 0.05) is 10.6 Å². The predicted molar refractivity (Wildman–Crippen MR) is 116 cm³/mol. The van der Waals surface area contributed by atoms with Crippen LogP contribution in [-0.2, 0) is 5.75 Å². The fourth-order valence-corrected chi connectivity index (χ4v) is 3.55. The molecule has 3 N–H and O–H groups in total. The van der Waals surface area contributed by atoms with Crippen molar-refractivity contribution in [3.8, 4) is 5.82 Å². The maximum atomic E-state index is 12.7. The Morgan fingerprint density at radius 2 is 1.97 bits per heavy atom. The van der Waals surface area contributed by atoms with Gasteiger partial charge in [-0.1, -0.05) is 53.2 Å². The van der Waals surface area contributed by atoms with E-state index in [2.05, 4.69) is 35.8 Å².